The fraction of sp³-hybridized carbons (Fsp3) is 0.424. The Morgan fingerprint density at radius 1 is 0.976 bits per heavy atom. The van der Waals surface area contributed by atoms with Crippen LogP contribution in [0.4, 0.5) is 24.5 Å². The van der Waals surface area contributed by atoms with Gasteiger partial charge in [0.1, 0.15) is 23.6 Å². The molecule has 0 aromatic heterocycles. The van der Waals surface area contributed by atoms with Crippen LogP contribution in [0.15, 0.2) is 59.8 Å². The van der Waals surface area contributed by atoms with Gasteiger partial charge in [0.2, 0.25) is 0 Å². The van der Waals surface area contributed by atoms with Crippen molar-refractivity contribution < 1.29 is 27.4 Å². The standard InChI is InChI=1S/C33H43F3N2O3/c1-9-12-13-25(16-22(4)10-2)26-14-15-28(24(6)17-26)38(20-23(5)11-3)27-18-29(40-7)31(30(19-27)41-8)32(39)37-21-33(34,35)36/h13-20H,9-12,21H2,1-8H3,(H,37,39)/b22-16-,23-20-,25-13-. The summed E-state index contributed by atoms with van der Waals surface area (Å²) < 4.78 is 49.3. The van der Waals surface area contributed by atoms with Gasteiger partial charge in [-0.15, -0.1) is 0 Å². The van der Waals surface area contributed by atoms with Crippen molar-refractivity contribution >= 4 is 22.9 Å². The van der Waals surface area contributed by atoms with Crippen LogP contribution in [-0.2, 0) is 0 Å². The maximum atomic E-state index is 12.8. The minimum atomic E-state index is -4.55. The lowest BCUT2D eigenvalue weighted by molar-refractivity contribution is -0.123. The maximum Gasteiger partial charge on any atom is 0.405 e. The van der Waals surface area contributed by atoms with Crippen molar-refractivity contribution in [3.05, 3.63) is 76.5 Å². The van der Waals surface area contributed by atoms with Crippen molar-refractivity contribution in [1.29, 1.82) is 0 Å². The highest BCUT2D eigenvalue weighted by Gasteiger charge is 2.30. The van der Waals surface area contributed by atoms with E-state index in [0.717, 1.165) is 48.1 Å². The number of amides is 1. The summed E-state index contributed by atoms with van der Waals surface area (Å²) in [6, 6.07) is 9.59. The average molecular weight is 573 g/mol. The molecule has 0 radical (unpaired) electrons. The number of carbonyl (C=O) groups excluding carboxylic acids is 1. The molecule has 41 heavy (non-hydrogen) atoms. The van der Waals surface area contributed by atoms with E-state index in [-0.39, 0.29) is 17.1 Å². The number of methoxy groups -OCH3 is 2. The van der Waals surface area contributed by atoms with Gasteiger partial charge in [-0.2, -0.15) is 13.2 Å². The molecule has 8 heteroatoms. The molecule has 0 aliphatic carbocycles. The Morgan fingerprint density at radius 3 is 2.07 bits per heavy atom. The van der Waals surface area contributed by atoms with Crippen molar-refractivity contribution in [3.8, 4) is 11.5 Å². The van der Waals surface area contributed by atoms with Gasteiger partial charge in [0.15, 0.2) is 0 Å². The molecule has 0 atom stereocenters. The van der Waals surface area contributed by atoms with Crippen LogP contribution in [0.3, 0.4) is 0 Å². The summed E-state index contributed by atoms with van der Waals surface area (Å²) in [4.78, 5) is 14.7. The molecule has 2 aromatic carbocycles. The summed E-state index contributed by atoms with van der Waals surface area (Å²) in [6.07, 6.45) is 5.80. The predicted octanol–water partition coefficient (Wildman–Crippen LogP) is 9.30. The van der Waals surface area contributed by atoms with Gasteiger partial charge < -0.3 is 19.7 Å². The molecule has 0 bridgehead atoms. The maximum absolute atomic E-state index is 12.8. The number of ether oxygens (including phenoxy) is 2. The zero-order valence-electron chi connectivity index (χ0n) is 25.5. The summed E-state index contributed by atoms with van der Waals surface area (Å²) in [5.74, 6) is -0.728. The van der Waals surface area contributed by atoms with Gasteiger partial charge in [-0.3, -0.25) is 4.79 Å². The second kappa shape index (κ2) is 15.4. The van der Waals surface area contributed by atoms with Crippen molar-refractivity contribution in [3.63, 3.8) is 0 Å². The molecule has 224 valence electrons. The number of rotatable bonds is 13. The highest BCUT2D eigenvalue weighted by atomic mass is 19.4. The number of nitrogens with zero attached hydrogens (tertiary/aromatic N) is 1. The van der Waals surface area contributed by atoms with Crippen LogP contribution in [0.25, 0.3) is 5.57 Å². The third-order valence-electron chi connectivity index (χ3n) is 6.75. The van der Waals surface area contributed by atoms with E-state index in [4.69, 9.17) is 9.47 Å². The SMILES string of the molecule is CCC/C=C(/C=C(/C)CC)c1ccc(N(/C=C(/C)CC)c2cc(OC)c(C(=O)NCC(F)(F)F)c(OC)c2)c(C)c1. The zero-order valence-corrected chi connectivity index (χ0v) is 25.5. The number of carbonyl (C=O) groups is 1. The first-order valence-corrected chi connectivity index (χ1v) is 13.9. The predicted molar refractivity (Wildman–Crippen MR) is 162 cm³/mol. The molecule has 1 amide bonds. The lowest BCUT2D eigenvalue weighted by atomic mass is 9.98. The van der Waals surface area contributed by atoms with Crippen LogP contribution in [-0.4, -0.2) is 32.8 Å². The Labute approximate surface area is 242 Å². The van der Waals surface area contributed by atoms with Gasteiger partial charge in [-0.25, -0.2) is 0 Å². The highest BCUT2D eigenvalue weighted by Crippen LogP contribution is 2.39. The van der Waals surface area contributed by atoms with Crippen molar-refractivity contribution in [1.82, 2.24) is 5.32 Å². The first-order valence-electron chi connectivity index (χ1n) is 13.9. The van der Waals surface area contributed by atoms with Crippen LogP contribution >= 0.6 is 0 Å². The Balaban J connectivity index is 2.69. The van der Waals surface area contributed by atoms with E-state index in [1.54, 1.807) is 12.1 Å². The molecule has 5 nitrogen and oxygen atoms in total. The van der Waals surface area contributed by atoms with Crippen molar-refractivity contribution in [2.24, 2.45) is 0 Å². The molecule has 2 rings (SSSR count). The lowest BCUT2D eigenvalue weighted by Crippen LogP contribution is -2.34. The number of unbranched alkanes of at least 4 members (excludes halogenated alkanes) is 1. The number of hydrogen-bond donors (Lipinski definition) is 1. The molecule has 0 saturated heterocycles. The minimum Gasteiger partial charge on any atom is -0.496 e. The van der Waals surface area contributed by atoms with Crippen LogP contribution in [0.5, 0.6) is 11.5 Å². The molecule has 0 heterocycles. The number of allylic oxidation sites excluding steroid dienone is 5. The average Bonchev–Trinajstić information content (AvgIpc) is 2.95. The van der Waals surface area contributed by atoms with Crippen LogP contribution < -0.4 is 19.7 Å². The van der Waals surface area contributed by atoms with Gasteiger partial charge in [-0.05, 0) is 68.9 Å². The molecule has 1 N–H and O–H groups in total. The molecular formula is C33H43F3N2O3. The van der Waals surface area contributed by atoms with Gasteiger partial charge >= 0.3 is 6.18 Å². The molecule has 2 aromatic rings. The summed E-state index contributed by atoms with van der Waals surface area (Å²) in [5, 5.41) is 1.91. The molecular weight excluding hydrogens is 529 g/mol. The minimum absolute atomic E-state index is 0.102. The number of nitrogens with one attached hydrogen (secondary N) is 1. The lowest BCUT2D eigenvalue weighted by Gasteiger charge is -2.26. The van der Waals surface area contributed by atoms with Crippen LogP contribution in [0.1, 0.15) is 81.8 Å². The fourth-order valence-electron chi connectivity index (χ4n) is 4.16. The number of anilines is 2. The summed E-state index contributed by atoms with van der Waals surface area (Å²) >= 11 is 0. The largest absolute Gasteiger partial charge is 0.496 e. The Morgan fingerprint density at radius 2 is 1.59 bits per heavy atom. The molecule has 0 fully saturated rings. The summed E-state index contributed by atoms with van der Waals surface area (Å²) in [7, 11) is 2.74. The number of hydrogen-bond acceptors (Lipinski definition) is 4. The second-order valence-corrected chi connectivity index (χ2v) is 10.0. The highest BCUT2D eigenvalue weighted by molar-refractivity contribution is 6.00. The number of aryl methyl sites for hydroxylation is 1. The monoisotopic (exact) mass is 572 g/mol. The van der Waals surface area contributed by atoms with E-state index < -0.39 is 18.6 Å². The first kappa shape index (κ1) is 33.5. The van der Waals surface area contributed by atoms with Gasteiger partial charge in [-0.1, -0.05) is 56.6 Å². The number of benzene rings is 2. The normalized spacial score (nSPS) is 12.8. The van der Waals surface area contributed by atoms with Crippen molar-refractivity contribution in [2.45, 2.75) is 73.4 Å². The zero-order chi connectivity index (χ0) is 30.7. The topological polar surface area (TPSA) is 50.8 Å². The Bertz CT molecular complexity index is 1270. The summed E-state index contributed by atoms with van der Waals surface area (Å²) in [6.45, 7) is 11.1. The van der Waals surface area contributed by atoms with Crippen molar-refractivity contribution in [2.75, 3.05) is 25.7 Å². The van der Waals surface area contributed by atoms with Gasteiger partial charge in [0.25, 0.3) is 5.91 Å². The van der Waals surface area contributed by atoms with Crippen LogP contribution in [0, 0.1) is 6.92 Å². The van der Waals surface area contributed by atoms with E-state index in [0.29, 0.717) is 5.69 Å². The molecule has 0 aliphatic heterocycles. The van der Waals surface area contributed by atoms with E-state index in [1.807, 2.05) is 30.3 Å². The third kappa shape index (κ3) is 9.44. The Kier molecular flexibility index (Phi) is 12.6. The quantitative estimate of drug-likeness (QED) is 0.243. The molecule has 0 unspecified atom stereocenters. The van der Waals surface area contributed by atoms with E-state index >= 15 is 0 Å². The van der Waals surface area contributed by atoms with Gasteiger partial charge in [0, 0.05) is 24.0 Å². The van der Waals surface area contributed by atoms with Gasteiger partial charge in [0.05, 0.1) is 19.9 Å². The Hall–Kier alpha value is -3.68. The number of halogens is 3. The third-order valence-corrected chi connectivity index (χ3v) is 6.75. The second-order valence-electron chi connectivity index (χ2n) is 10.0. The summed E-state index contributed by atoms with van der Waals surface area (Å²) in [5.41, 5.74) is 7.18. The fourth-order valence-corrected chi connectivity index (χ4v) is 4.16. The molecule has 0 saturated carbocycles. The van der Waals surface area contributed by atoms with E-state index in [1.165, 1.54) is 25.4 Å². The first-order chi connectivity index (χ1) is 19.4. The van der Waals surface area contributed by atoms with E-state index in [2.05, 4.69) is 58.0 Å². The number of alkyl halides is 3. The van der Waals surface area contributed by atoms with E-state index in [9.17, 15) is 18.0 Å². The molecule has 0 spiro atoms. The molecule has 0 aliphatic rings. The van der Waals surface area contributed by atoms with Crippen LogP contribution in [0.2, 0.25) is 0 Å². The smallest absolute Gasteiger partial charge is 0.405 e.